The Hall–Kier alpha value is -3.51. The zero-order chi connectivity index (χ0) is 29.9. The van der Waals surface area contributed by atoms with Gasteiger partial charge in [0.15, 0.2) is 0 Å². The first-order chi connectivity index (χ1) is 19.2. The van der Waals surface area contributed by atoms with Crippen LogP contribution in [0.1, 0.15) is 23.0 Å². The van der Waals surface area contributed by atoms with E-state index in [-0.39, 0.29) is 24.2 Å². The van der Waals surface area contributed by atoms with E-state index in [1.807, 2.05) is 7.05 Å². The second-order valence-electron chi connectivity index (χ2n) is 11.5. The molecular formula is C29H35F4N5O2Si. The Bertz CT molecular complexity index is 1400. The van der Waals surface area contributed by atoms with Crippen molar-refractivity contribution in [3.05, 3.63) is 65.7 Å². The highest BCUT2D eigenvalue weighted by Gasteiger charge is 2.33. The Balaban J connectivity index is 1.70. The van der Waals surface area contributed by atoms with E-state index in [1.54, 1.807) is 18.2 Å². The van der Waals surface area contributed by atoms with Gasteiger partial charge in [0.25, 0.3) is 5.91 Å². The van der Waals surface area contributed by atoms with Gasteiger partial charge in [-0.25, -0.2) is 9.37 Å². The number of aromatic nitrogens is 2. The normalized spacial score (nSPS) is 16.5. The number of amides is 1. The molecule has 12 heteroatoms. The van der Waals surface area contributed by atoms with Gasteiger partial charge in [0.2, 0.25) is 5.88 Å². The number of likely N-dealkylation sites (N-methyl/N-ethyl adjacent to an activating group) is 1. The molecule has 3 aromatic rings. The number of anilines is 2. The van der Waals surface area contributed by atoms with Gasteiger partial charge < -0.3 is 19.9 Å². The molecule has 1 N–H and O–H groups in total. The van der Waals surface area contributed by atoms with Gasteiger partial charge in [-0.15, -0.1) is 0 Å². The lowest BCUT2D eigenvalue weighted by Gasteiger charge is -2.39. The number of alkyl halides is 3. The number of piperazine rings is 1. The molecule has 0 bridgehead atoms. The first-order valence-corrected chi connectivity index (χ1v) is 17.2. The highest BCUT2D eigenvalue weighted by Crippen LogP contribution is 2.35. The molecule has 220 valence electrons. The molecule has 1 amide bonds. The van der Waals surface area contributed by atoms with Crippen molar-refractivity contribution in [1.29, 1.82) is 0 Å². The SMILES string of the molecule is C[C@H]1CN(c2ccc(-c3ncccc3F)cc2NC(=O)c2cc(C(F)(F)F)cc(OCC[Si](C)(C)C)n2)CCN1C. The first kappa shape index (κ1) is 30.4. The molecule has 3 heterocycles. The van der Waals surface area contributed by atoms with Crippen LogP contribution in [0, 0.1) is 5.82 Å². The molecular weight excluding hydrogens is 554 g/mol. The predicted octanol–water partition coefficient (Wildman–Crippen LogP) is 6.41. The van der Waals surface area contributed by atoms with E-state index in [9.17, 15) is 22.4 Å². The van der Waals surface area contributed by atoms with Crippen molar-refractivity contribution < 1.29 is 27.1 Å². The maximum atomic E-state index is 14.6. The van der Waals surface area contributed by atoms with E-state index in [0.717, 1.165) is 18.7 Å². The van der Waals surface area contributed by atoms with E-state index in [0.29, 0.717) is 36.1 Å². The first-order valence-electron chi connectivity index (χ1n) is 13.4. The molecule has 2 aromatic heterocycles. The second kappa shape index (κ2) is 12.2. The lowest BCUT2D eigenvalue weighted by molar-refractivity contribution is -0.137. The van der Waals surface area contributed by atoms with E-state index < -0.39 is 37.2 Å². The van der Waals surface area contributed by atoms with Gasteiger partial charge in [-0.3, -0.25) is 9.78 Å². The van der Waals surface area contributed by atoms with Crippen molar-refractivity contribution >= 4 is 25.4 Å². The number of rotatable bonds is 8. The average molecular weight is 590 g/mol. The molecule has 0 radical (unpaired) electrons. The number of pyridine rings is 2. The molecule has 41 heavy (non-hydrogen) atoms. The lowest BCUT2D eigenvalue weighted by atomic mass is 10.1. The van der Waals surface area contributed by atoms with E-state index in [4.69, 9.17) is 4.74 Å². The summed E-state index contributed by atoms with van der Waals surface area (Å²) in [6.45, 7) is 10.8. The van der Waals surface area contributed by atoms with Crippen molar-refractivity contribution in [2.75, 3.05) is 43.5 Å². The van der Waals surface area contributed by atoms with Crippen LogP contribution in [-0.4, -0.2) is 68.2 Å². The number of nitrogens with zero attached hydrogens (tertiary/aromatic N) is 4. The highest BCUT2D eigenvalue weighted by atomic mass is 28.3. The van der Waals surface area contributed by atoms with E-state index >= 15 is 0 Å². The standard InChI is InChI=1S/C29H35F4N5O2Si/c1-19-18-38(12-11-37(19)2)25-9-8-20(27-22(30)7-6-10-34-27)15-23(25)36-28(39)24-16-21(29(31,32)33)17-26(35-24)40-13-14-41(3,4)5/h6-10,15-17,19H,11-14,18H2,1-5H3,(H,36,39)/t19-/m0/s1. The number of benzene rings is 1. The van der Waals surface area contributed by atoms with Gasteiger partial charge in [-0.2, -0.15) is 13.2 Å². The zero-order valence-electron chi connectivity index (χ0n) is 23.8. The van der Waals surface area contributed by atoms with Gasteiger partial charge >= 0.3 is 6.18 Å². The van der Waals surface area contributed by atoms with Crippen LogP contribution in [0.5, 0.6) is 5.88 Å². The largest absolute Gasteiger partial charge is 0.478 e. The molecule has 7 nitrogen and oxygen atoms in total. The lowest BCUT2D eigenvalue weighted by Crippen LogP contribution is -2.50. The predicted molar refractivity (Wildman–Crippen MR) is 155 cm³/mol. The Morgan fingerprint density at radius 2 is 1.90 bits per heavy atom. The van der Waals surface area contributed by atoms with Gasteiger partial charge in [0.05, 0.1) is 23.5 Å². The summed E-state index contributed by atoms with van der Waals surface area (Å²) in [5.41, 5.74) is 0.0213. The van der Waals surface area contributed by atoms with Crippen LogP contribution < -0.4 is 15.0 Å². The summed E-state index contributed by atoms with van der Waals surface area (Å²) in [7, 11) is 0.517. The number of hydrogen-bond donors (Lipinski definition) is 1. The number of carbonyl (C=O) groups excluding carboxylic acids is 1. The third kappa shape index (κ3) is 7.82. The number of carbonyl (C=O) groups is 1. The fourth-order valence-corrected chi connectivity index (χ4v) is 5.15. The summed E-state index contributed by atoms with van der Waals surface area (Å²) in [6.07, 6.45) is -3.24. The van der Waals surface area contributed by atoms with Crippen LogP contribution >= 0.6 is 0 Å². The molecule has 0 unspecified atom stereocenters. The quantitative estimate of drug-likeness (QED) is 0.242. The van der Waals surface area contributed by atoms with Crippen LogP contribution in [-0.2, 0) is 6.18 Å². The monoisotopic (exact) mass is 589 g/mol. The minimum Gasteiger partial charge on any atom is -0.478 e. The summed E-state index contributed by atoms with van der Waals surface area (Å²) in [4.78, 5) is 26.0. The van der Waals surface area contributed by atoms with Crippen LogP contribution in [0.15, 0.2) is 48.7 Å². The van der Waals surface area contributed by atoms with Crippen molar-refractivity contribution in [1.82, 2.24) is 14.9 Å². The van der Waals surface area contributed by atoms with Crippen LogP contribution in [0.2, 0.25) is 25.7 Å². The molecule has 1 saturated heterocycles. The van der Waals surface area contributed by atoms with Crippen molar-refractivity contribution in [3.63, 3.8) is 0 Å². The van der Waals surface area contributed by atoms with Gasteiger partial charge in [0, 0.05) is 51.6 Å². The summed E-state index contributed by atoms with van der Waals surface area (Å²) < 4.78 is 61.4. The topological polar surface area (TPSA) is 70.6 Å². The van der Waals surface area contributed by atoms with Gasteiger partial charge in [-0.1, -0.05) is 25.7 Å². The Morgan fingerprint density at radius 3 is 2.56 bits per heavy atom. The molecule has 1 aliphatic rings. The Kier molecular flexibility index (Phi) is 9.03. The third-order valence-electron chi connectivity index (χ3n) is 7.04. The summed E-state index contributed by atoms with van der Waals surface area (Å²) >= 11 is 0. The maximum Gasteiger partial charge on any atom is 0.416 e. The van der Waals surface area contributed by atoms with Crippen molar-refractivity contribution in [2.45, 2.75) is 44.8 Å². The Morgan fingerprint density at radius 1 is 1.15 bits per heavy atom. The molecule has 1 aromatic carbocycles. The molecule has 1 atom stereocenters. The van der Waals surface area contributed by atoms with E-state index in [1.165, 1.54) is 18.3 Å². The average Bonchev–Trinajstić information content (AvgIpc) is 2.89. The van der Waals surface area contributed by atoms with Crippen LogP contribution in [0.4, 0.5) is 28.9 Å². The van der Waals surface area contributed by atoms with Crippen LogP contribution in [0.25, 0.3) is 11.3 Å². The molecule has 1 aliphatic heterocycles. The summed E-state index contributed by atoms with van der Waals surface area (Å²) in [5, 5.41) is 2.74. The highest BCUT2D eigenvalue weighted by molar-refractivity contribution is 6.76. The summed E-state index contributed by atoms with van der Waals surface area (Å²) in [6, 6.07) is 10.3. The summed E-state index contributed by atoms with van der Waals surface area (Å²) in [5.74, 6) is -1.64. The molecule has 4 rings (SSSR count). The fourth-order valence-electron chi connectivity index (χ4n) is 4.43. The number of ether oxygens (including phenoxy) is 1. The molecule has 0 spiro atoms. The van der Waals surface area contributed by atoms with Crippen molar-refractivity contribution in [2.24, 2.45) is 0 Å². The molecule has 1 fully saturated rings. The van der Waals surface area contributed by atoms with E-state index in [2.05, 4.69) is 51.6 Å². The number of hydrogen-bond acceptors (Lipinski definition) is 6. The maximum absolute atomic E-state index is 14.6. The smallest absolute Gasteiger partial charge is 0.416 e. The third-order valence-corrected chi connectivity index (χ3v) is 8.74. The van der Waals surface area contributed by atoms with Gasteiger partial charge in [-0.05, 0) is 50.3 Å². The second-order valence-corrected chi connectivity index (χ2v) is 17.2. The van der Waals surface area contributed by atoms with Crippen LogP contribution in [0.3, 0.4) is 0 Å². The molecule has 0 saturated carbocycles. The van der Waals surface area contributed by atoms with Crippen molar-refractivity contribution in [3.8, 4) is 17.1 Å². The minimum atomic E-state index is -4.70. The van der Waals surface area contributed by atoms with Gasteiger partial charge in [0.1, 0.15) is 17.2 Å². The number of halogens is 4. The molecule has 0 aliphatic carbocycles. The zero-order valence-corrected chi connectivity index (χ0v) is 24.8. The number of nitrogens with one attached hydrogen (secondary N) is 1. The minimum absolute atomic E-state index is 0.0940. The fraction of sp³-hybridized carbons (Fsp3) is 0.414. The Labute approximate surface area is 238 Å².